The SMILES string of the molecule is CN(CC(=O)OCc1csc(-c2ccccc2)n1)S(=O)(=O)c1ccc(Cl)cc1. The highest BCUT2D eigenvalue weighted by Gasteiger charge is 2.23. The van der Waals surface area contributed by atoms with E-state index in [-0.39, 0.29) is 11.5 Å². The van der Waals surface area contributed by atoms with Gasteiger partial charge in [-0.15, -0.1) is 11.3 Å². The van der Waals surface area contributed by atoms with Gasteiger partial charge in [-0.25, -0.2) is 13.4 Å². The lowest BCUT2D eigenvalue weighted by atomic mass is 10.2. The average molecular weight is 437 g/mol. The Labute approximate surface area is 172 Å². The first-order valence-electron chi connectivity index (χ1n) is 8.23. The van der Waals surface area contributed by atoms with Crippen molar-refractivity contribution in [1.29, 1.82) is 0 Å². The molecule has 1 heterocycles. The molecule has 28 heavy (non-hydrogen) atoms. The summed E-state index contributed by atoms with van der Waals surface area (Å²) in [6.07, 6.45) is 0. The van der Waals surface area contributed by atoms with Gasteiger partial charge in [0.25, 0.3) is 0 Å². The largest absolute Gasteiger partial charge is 0.458 e. The van der Waals surface area contributed by atoms with Gasteiger partial charge in [0, 0.05) is 23.0 Å². The van der Waals surface area contributed by atoms with Gasteiger partial charge in [0.2, 0.25) is 10.0 Å². The van der Waals surface area contributed by atoms with E-state index in [0.717, 1.165) is 14.9 Å². The van der Waals surface area contributed by atoms with Crippen molar-refractivity contribution in [2.75, 3.05) is 13.6 Å². The third-order valence-corrected chi connectivity index (χ3v) is 6.84. The molecule has 0 amide bonds. The Morgan fingerprint density at radius 1 is 1.14 bits per heavy atom. The second-order valence-corrected chi connectivity index (χ2v) is 9.23. The van der Waals surface area contributed by atoms with E-state index < -0.39 is 22.5 Å². The molecule has 0 atom stereocenters. The van der Waals surface area contributed by atoms with Crippen molar-refractivity contribution in [3.8, 4) is 10.6 Å². The number of halogens is 1. The summed E-state index contributed by atoms with van der Waals surface area (Å²) in [6, 6.07) is 15.4. The van der Waals surface area contributed by atoms with Crippen LogP contribution in [0.5, 0.6) is 0 Å². The van der Waals surface area contributed by atoms with E-state index in [9.17, 15) is 13.2 Å². The number of carbonyl (C=O) groups is 1. The molecule has 0 radical (unpaired) electrons. The van der Waals surface area contributed by atoms with Crippen LogP contribution in [0.2, 0.25) is 5.02 Å². The van der Waals surface area contributed by atoms with Gasteiger partial charge in [-0.3, -0.25) is 4.79 Å². The third kappa shape index (κ3) is 4.96. The zero-order chi connectivity index (χ0) is 20.1. The van der Waals surface area contributed by atoms with Crippen molar-refractivity contribution in [2.24, 2.45) is 0 Å². The molecule has 0 saturated carbocycles. The molecule has 0 bridgehead atoms. The van der Waals surface area contributed by atoms with Crippen LogP contribution in [-0.4, -0.2) is 37.3 Å². The van der Waals surface area contributed by atoms with E-state index in [2.05, 4.69) is 4.98 Å². The summed E-state index contributed by atoms with van der Waals surface area (Å²) in [5, 5.41) is 3.07. The lowest BCUT2D eigenvalue weighted by molar-refractivity contribution is -0.145. The standard InChI is InChI=1S/C19H17ClN2O4S2/c1-22(28(24,25)17-9-7-15(20)8-10-17)11-18(23)26-12-16-13-27-19(21-16)14-5-3-2-4-6-14/h2-10,13H,11-12H2,1H3. The van der Waals surface area contributed by atoms with Crippen LogP contribution in [0.15, 0.2) is 64.9 Å². The smallest absolute Gasteiger partial charge is 0.321 e. The fraction of sp³-hybridized carbons (Fsp3) is 0.158. The molecule has 9 heteroatoms. The number of sulfonamides is 1. The van der Waals surface area contributed by atoms with Crippen molar-refractivity contribution >= 4 is 38.9 Å². The Morgan fingerprint density at radius 2 is 1.82 bits per heavy atom. The number of likely N-dealkylation sites (N-methyl/N-ethyl adjacent to an activating group) is 1. The number of rotatable bonds is 7. The Hall–Kier alpha value is -2.26. The second kappa shape index (κ2) is 8.83. The van der Waals surface area contributed by atoms with E-state index in [1.165, 1.54) is 42.6 Å². The summed E-state index contributed by atoms with van der Waals surface area (Å²) >= 11 is 7.23. The summed E-state index contributed by atoms with van der Waals surface area (Å²) in [7, 11) is -2.48. The van der Waals surface area contributed by atoms with Crippen LogP contribution in [-0.2, 0) is 26.2 Å². The highest BCUT2D eigenvalue weighted by Crippen LogP contribution is 2.23. The second-order valence-electron chi connectivity index (χ2n) is 5.89. The summed E-state index contributed by atoms with van der Waals surface area (Å²) < 4.78 is 31.1. The number of benzene rings is 2. The molecule has 0 aliphatic rings. The lowest BCUT2D eigenvalue weighted by Crippen LogP contribution is -2.33. The maximum atomic E-state index is 12.5. The van der Waals surface area contributed by atoms with E-state index in [1.807, 2.05) is 35.7 Å². The lowest BCUT2D eigenvalue weighted by Gasteiger charge is -2.16. The van der Waals surface area contributed by atoms with Gasteiger partial charge in [0.1, 0.15) is 18.2 Å². The molecular formula is C19H17ClN2O4S2. The molecule has 6 nitrogen and oxygen atoms in total. The van der Waals surface area contributed by atoms with Crippen LogP contribution in [0.3, 0.4) is 0 Å². The van der Waals surface area contributed by atoms with Gasteiger partial charge in [-0.1, -0.05) is 41.9 Å². The molecule has 3 aromatic rings. The minimum absolute atomic E-state index is 0.0169. The molecule has 0 saturated heterocycles. The van der Waals surface area contributed by atoms with Crippen LogP contribution in [0.25, 0.3) is 10.6 Å². The topological polar surface area (TPSA) is 76.6 Å². The van der Waals surface area contributed by atoms with E-state index in [4.69, 9.17) is 16.3 Å². The Bertz CT molecular complexity index is 1050. The van der Waals surface area contributed by atoms with Crippen LogP contribution < -0.4 is 0 Å². The number of esters is 1. The van der Waals surface area contributed by atoms with Crippen LogP contribution in [0.1, 0.15) is 5.69 Å². The van der Waals surface area contributed by atoms with Gasteiger partial charge >= 0.3 is 5.97 Å². The molecule has 0 unspecified atom stereocenters. The van der Waals surface area contributed by atoms with Crippen molar-refractivity contribution in [3.05, 3.63) is 70.7 Å². The summed E-state index contributed by atoms with van der Waals surface area (Å²) in [5.41, 5.74) is 1.60. The quantitative estimate of drug-likeness (QED) is 0.526. The number of nitrogens with zero attached hydrogens (tertiary/aromatic N) is 2. The molecular weight excluding hydrogens is 420 g/mol. The molecule has 0 N–H and O–H groups in total. The average Bonchev–Trinajstić information content (AvgIpc) is 3.16. The molecule has 0 spiro atoms. The number of thiazole rings is 1. The first-order valence-corrected chi connectivity index (χ1v) is 10.9. The van der Waals surface area contributed by atoms with Crippen LogP contribution in [0, 0.1) is 0 Å². The van der Waals surface area contributed by atoms with Crippen LogP contribution >= 0.6 is 22.9 Å². The minimum atomic E-state index is -3.81. The van der Waals surface area contributed by atoms with Crippen molar-refractivity contribution in [1.82, 2.24) is 9.29 Å². The maximum Gasteiger partial charge on any atom is 0.321 e. The summed E-state index contributed by atoms with van der Waals surface area (Å²) in [5.74, 6) is -0.658. The van der Waals surface area contributed by atoms with Gasteiger partial charge in [-0.2, -0.15) is 4.31 Å². The molecule has 2 aromatic carbocycles. The van der Waals surface area contributed by atoms with Crippen molar-refractivity contribution < 1.29 is 17.9 Å². The summed E-state index contributed by atoms with van der Waals surface area (Å²) in [6.45, 7) is -0.419. The monoisotopic (exact) mass is 436 g/mol. The fourth-order valence-electron chi connectivity index (χ4n) is 2.34. The predicted molar refractivity (Wildman–Crippen MR) is 109 cm³/mol. The first-order chi connectivity index (χ1) is 13.4. The fourth-order valence-corrected chi connectivity index (χ4v) is 4.39. The number of hydrogen-bond acceptors (Lipinski definition) is 6. The van der Waals surface area contributed by atoms with Crippen molar-refractivity contribution in [2.45, 2.75) is 11.5 Å². The number of aromatic nitrogens is 1. The third-order valence-electron chi connectivity index (χ3n) is 3.83. The number of hydrogen-bond donors (Lipinski definition) is 0. The Balaban J connectivity index is 1.57. The molecule has 0 fully saturated rings. The molecule has 1 aromatic heterocycles. The molecule has 3 rings (SSSR count). The van der Waals surface area contributed by atoms with Gasteiger partial charge in [0.15, 0.2) is 0 Å². The summed E-state index contributed by atoms with van der Waals surface area (Å²) in [4.78, 5) is 16.5. The van der Waals surface area contributed by atoms with E-state index in [1.54, 1.807) is 0 Å². The number of carbonyl (C=O) groups excluding carboxylic acids is 1. The zero-order valence-electron chi connectivity index (χ0n) is 14.9. The predicted octanol–water partition coefficient (Wildman–Crippen LogP) is 3.83. The van der Waals surface area contributed by atoms with E-state index in [0.29, 0.717) is 10.7 Å². The highest BCUT2D eigenvalue weighted by molar-refractivity contribution is 7.89. The molecule has 146 valence electrons. The zero-order valence-corrected chi connectivity index (χ0v) is 17.3. The molecule has 0 aliphatic carbocycles. The van der Waals surface area contributed by atoms with Gasteiger partial charge in [0.05, 0.1) is 10.6 Å². The molecule has 0 aliphatic heterocycles. The number of ether oxygens (including phenoxy) is 1. The van der Waals surface area contributed by atoms with E-state index >= 15 is 0 Å². The maximum absolute atomic E-state index is 12.5. The minimum Gasteiger partial charge on any atom is -0.458 e. The highest BCUT2D eigenvalue weighted by atomic mass is 35.5. The van der Waals surface area contributed by atoms with Gasteiger partial charge < -0.3 is 4.74 Å². The Morgan fingerprint density at radius 3 is 2.50 bits per heavy atom. The first kappa shape index (κ1) is 20.5. The van der Waals surface area contributed by atoms with Gasteiger partial charge in [-0.05, 0) is 24.3 Å². The van der Waals surface area contributed by atoms with Crippen molar-refractivity contribution in [3.63, 3.8) is 0 Å². The Kier molecular flexibility index (Phi) is 6.46. The normalized spacial score (nSPS) is 11.5. The van der Waals surface area contributed by atoms with Crippen LogP contribution in [0.4, 0.5) is 0 Å².